The zero-order valence-corrected chi connectivity index (χ0v) is 9.57. The molecule has 1 aliphatic rings. The first-order valence-electron chi connectivity index (χ1n) is 5.88. The van der Waals surface area contributed by atoms with Crippen molar-refractivity contribution in [3.05, 3.63) is 35.9 Å². The molecule has 3 N–H and O–H groups in total. The van der Waals surface area contributed by atoms with Crippen LogP contribution in [0.2, 0.25) is 0 Å². The van der Waals surface area contributed by atoms with Gasteiger partial charge in [-0.1, -0.05) is 30.3 Å². The van der Waals surface area contributed by atoms with Crippen LogP contribution in [0.3, 0.4) is 0 Å². The van der Waals surface area contributed by atoms with E-state index in [2.05, 4.69) is 0 Å². The van der Waals surface area contributed by atoms with Crippen LogP contribution in [-0.2, 0) is 11.2 Å². The summed E-state index contributed by atoms with van der Waals surface area (Å²) >= 11 is 0. The topological polar surface area (TPSA) is 69.9 Å². The predicted octanol–water partition coefficient (Wildman–Crippen LogP) is 0.306. The second-order valence-corrected chi connectivity index (χ2v) is 4.43. The van der Waals surface area contributed by atoms with Gasteiger partial charge in [0, 0.05) is 5.92 Å². The third-order valence-corrected chi connectivity index (χ3v) is 3.31. The number of aliphatic hydroxyl groups is 3. The van der Waals surface area contributed by atoms with Gasteiger partial charge in [0.1, 0.15) is 6.10 Å². The molecule has 0 aromatic heterocycles. The Balaban J connectivity index is 1.93. The van der Waals surface area contributed by atoms with E-state index in [0.717, 1.165) is 6.42 Å². The minimum atomic E-state index is -1.17. The Hall–Kier alpha value is -0.940. The molecule has 1 aromatic rings. The lowest BCUT2D eigenvalue weighted by Gasteiger charge is -2.17. The fourth-order valence-corrected chi connectivity index (χ4v) is 2.30. The Bertz CT molecular complexity index is 341. The van der Waals surface area contributed by atoms with Crippen molar-refractivity contribution in [3.63, 3.8) is 0 Å². The van der Waals surface area contributed by atoms with Crippen molar-refractivity contribution in [1.82, 2.24) is 0 Å². The minimum Gasteiger partial charge on any atom is -0.394 e. The van der Waals surface area contributed by atoms with Crippen molar-refractivity contribution >= 4 is 0 Å². The average molecular weight is 238 g/mol. The molecule has 1 aliphatic heterocycles. The van der Waals surface area contributed by atoms with Crippen LogP contribution in [0.5, 0.6) is 0 Å². The summed E-state index contributed by atoms with van der Waals surface area (Å²) in [5.41, 5.74) is 1.18. The summed E-state index contributed by atoms with van der Waals surface area (Å²) in [7, 11) is 0. The number of aryl methyl sites for hydroxylation is 1. The molecule has 0 aliphatic carbocycles. The molecule has 4 heteroatoms. The summed E-state index contributed by atoms with van der Waals surface area (Å²) in [5, 5.41) is 28.3. The van der Waals surface area contributed by atoms with Gasteiger partial charge in [-0.05, 0) is 18.4 Å². The minimum absolute atomic E-state index is 0.173. The summed E-state index contributed by atoms with van der Waals surface area (Å²) < 4.78 is 5.08. The highest BCUT2D eigenvalue weighted by Crippen LogP contribution is 2.29. The van der Waals surface area contributed by atoms with Gasteiger partial charge in [-0.25, -0.2) is 0 Å². The van der Waals surface area contributed by atoms with E-state index in [9.17, 15) is 10.2 Å². The maximum atomic E-state index is 9.75. The van der Waals surface area contributed by atoms with Gasteiger partial charge in [-0.15, -0.1) is 0 Å². The van der Waals surface area contributed by atoms with Gasteiger partial charge in [-0.3, -0.25) is 0 Å². The van der Waals surface area contributed by atoms with E-state index < -0.39 is 18.5 Å². The zero-order chi connectivity index (χ0) is 12.3. The van der Waals surface area contributed by atoms with E-state index in [1.807, 2.05) is 30.3 Å². The van der Waals surface area contributed by atoms with Gasteiger partial charge in [0.05, 0.1) is 12.7 Å². The summed E-state index contributed by atoms with van der Waals surface area (Å²) in [6.07, 6.45) is -1.06. The van der Waals surface area contributed by atoms with Crippen LogP contribution in [-0.4, -0.2) is 40.4 Å². The normalized spacial score (nSPS) is 32.9. The van der Waals surface area contributed by atoms with Crippen molar-refractivity contribution in [1.29, 1.82) is 0 Å². The zero-order valence-electron chi connectivity index (χ0n) is 9.57. The van der Waals surface area contributed by atoms with Crippen LogP contribution in [0.15, 0.2) is 30.3 Å². The molecular formula is C13H18O4. The van der Waals surface area contributed by atoms with Gasteiger partial charge < -0.3 is 20.1 Å². The summed E-state index contributed by atoms with van der Waals surface area (Å²) in [4.78, 5) is 0. The molecule has 1 aromatic carbocycles. The molecule has 4 nitrogen and oxygen atoms in total. The lowest BCUT2D eigenvalue weighted by Crippen LogP contribution is -2.29. The summed E-state index contributed by atoms with van der Waals surface area (Å²) in [5.74, 6) is -0.213. The number of benzene rings is 1. The van der Waals surface area contributed by atoms with Gasteiger partial charge in [0.25, 0.3) is 0 Å². The number of hydrogen-bond donors (Lipinski definition) is 3. The number of hydrogen-bond acceptors (Lipinski definition) is 4. The molecule has 2 rings (SSSR count). The van der Waals surface area contributed by atoms with E-state index in [0.29, 0.717) is 6.42 Å². The molecule has 0 saturated carbocycles. The van der Waals surface area contributed by atoms with Gasteiger partial charge in [0.15, 0.2) is 6.29 Å². The first-order chi connectivity index (χ1) is 8.22. The molecule has 94 valence electrons. The second-order valence-electron chi connectivity index (χ2n) is 4.43. The fraction of sp³-hybridized carbons (Fsp3) is 0.538. The van der Waals surface area contributed by atoms with E-state index in [4.69, 9.17) is 9.84 Å². The van der Waals surface area contributed by atoms with Gasteiger partial charge in [0.2, 0.25) is 0 Å². The molecule has 17 heavy (non-hydrogen) atoms. The fourth-order valence-electron chi connectivity index (χ4n) is 2.30. The van der Waals surface area contributed by atoms with Crippen LogP contribution in [0.4, 0.5) is 0 Å². The number of ether oxygens (including phenoxy) is 1. The molecule has 1 heterocycles. The average Bonchev–Trinajstić information content (AvgIpc) is 2.64. The highest BCUT2D eigenvalue weighted by Gasteiger charge is 2.41. The first-order valence-corrected chi connectivity index (χ1v) is 5.88. The Morgan fingerprint density at radius 1 is 1.12 bits per heavy atom. The Morgan fingerprint density at radius 2 is 1.82 bits per heavy atom. The van der Waals surface area contributed by atoms with Crippen molar-refractivity contribution in [2.75, 3.05) is 6.61 Å². The van der Waals surface area contributed by atoms with E-state index in [-0.39, 0.29) is 12.5 Å². The van der Waals surface area contributed by atoms with Crippen molar-refractivity contribution in [2.24, 2.45) is 5.92 Å². The lowest BCUT2D eigenvalue weighted by molar-refractivity contribution is -0.132. The van der Waals surface area contributed by atoms with Crippen molar-refractivity contribution in [2.45, 2.75) is 31.3 Å². The van der Waals surface area contributed by atoms with Crippen LogP contribution < -0.4 is 0 Å². The third-order valence-electron chi connectivity index (χ3n) is 3.31. The van der Waals surface area contributed by atoms with Gasteiger partial charge >= 0.3 is 0 Å². The maximum absolute atomic E-state index is 9.75. The summed E-state index contributed by atoms with van der Waals surface area (Å²) in [6, 6.07) is 9.93. The maximum Gasteiger partial charge on any atom is 0.181 e. The Kier molecular flexibility index (Phi) is 4.12. The van der Waals surface area contributed by atoms with Crippen LogP contribution in [0.25, 0.3) is 0 Å². The quantitative estimate of drug-likeness (QED) is 0.706. The molecule has 1 fully saturated rings. The molecule has 4 atom stereocenters. The van der Waals surface area contributed by atoms with E-state index in [1.165, 1.54) is 5.56 Å². The number of rotatable bonds is 4. The highest BCUT2D eigenvalue weighted by atomic mass is 16.6. The molecular weight excluding hydrogens is 220 g/mol. The first kappa shape index (κ1) is 12.5. The number of aliphatic hydroxyl groups excluding tert-OH is 3. The molecule has 0 bridgehead atoms. The lowest BCUT2D eigenvalue weighted by atomic mass is 9.91. The predicted molar refractivity (Wildman–Crippen MR) is 62.2 cm³/mol. The Morgan fingerprint density at radius 3 is 2.47 bits per heavy atom. The van der Waals surface area contributed by atoms with Crippen LogP contribution in [0.1, 0.15) is 12.0 Å². The Labute approximate surface area is 100 Å². The van der Waals surface area contributed by atoms with Crippen LogP contribution in [0, 0.1) is 5.92 Å². The van der Waals surface area contributed by atoms with Crippen LogP contribution >= 0.6 is 0 Å². The molecule has 0 spiro atoms. The second kappa shape index (κ2) is 5.60. The largest absolute Gasteiger partial charge is 0.394 e. The highest BCUT2D eigenvalue weighted by molar-refractivity contribution is 5.14. The molecule has 1 unspecified atom stereocenters. The third kappa shape index (κ3) is 2.84. The SMILES string of the molecule is OC[C@H]1O[C@H](O)[C@@H](O)C1CCc1ccccc1. The monoisotopic (exact) mass is 238 g/mol. The summed E-state index contributed by atoms with van der Waals surface area (Å²) in [6.45, 7) is -0.173. The van der Waals surface area contributed by atoms with E-state index >= 15 is 0 Å². The smallest absolute Gasteiger partial charge is 0.181 e. The standard InChI is InChI=1S/C13H18O4/c14-8-11-10(12(15)13(16)17-11)7-6-9-4-2-1-3-5-9/h1-5,10-16H,6-8H2/t10?,11-,12+,13+/m1/s1. The molecule has 0 amide bonds. The molecule has 1 saturated heterocycles. The van der Waals surface area contributed by atoms with Crippen molar-refractivity contribution < 1.29 is 20.1 Å². The van der Waals surface area contributed by atoms with E-state index in [1.54, 1.807) is 0 Å². The van der Waals surface area contributed by atoms with Gasteiger partial charge in [-0.2, -0.15) is 0 Å². The van der Waals surface area contributed by atoms with Crippen molar-refractivity contribution in [3.8, 4) is 0 Å². The molecule has 0 radical (unpaired) electrons.